The fraction of sp³-hybridized carbons (Fsp3) is 0.368. The van der Waals surface area contributed by atoms with Crippen LogP contribution in [0, 0.1) is 12.3 Å². The smallest absolute Gasteiger partial charge is 0.176 e. The van der Waals surface area contributed by atoms with Crippen LogP contribution < -0.4 is 0 Å². The zero-order chi connectivity index (χ0) is 17.4. The number of hydrogen-bond donors (Lipinski definition) is 2. The Hall–Kier alpha value is -1.94. The Bertz CT molecular complexity index is 693. The molecule has 0 bridgehead atoms. The Morgan fingerprint density at radius 1 is 1.21 bits per heavy atom. The molecule has 2 atom stereocenters. The fourth-order valence-electron chi connectivity index (χ4n) is 2.37. The number of ether oxygens (including phenoxy) is 3. The zero-order valence-corrected chi connectivity index (χ0v) is 13.6. The van der Waals surface area contributed by atoms with Crippen molar-refractivity contribution in [3.05, 3.63) is 48.0 Å². The van der Waals surface area contributed by atoms with Gasteiger partial charge in [0.15, 0.2) is 5.60 Å². The third-order valence-electron chi connectivity index (χ3n) is 3.74. The molecular formula is C19H22O5. The van der Waals surface area contributed by atoms with Gasteiger partial charge in [-0.1, -0.05) is 42.3 Å². The molecule has 2 aromatic rings. The quantitative estimate of drug-likeness (QED) is 0.541. The molecule has 0 spiro atoms. The summed E-state index contributed by atoms with van der Waals surface area (Å²) >= 11 is 0. The highest BCUT2D eigenvalue weighted by Crippen LogP contribution is 2.18. The Labute approximate surface area is 141 Å². The van der Waals surface area contributed by atoms with Crippen LogP contribution in [0.4, 0.5) is 0 Å². The first-order valence-corrected chi connectivity index (χ1v) is 7.60. The number of aliphatic hydroxyl groups excluding tert-OH is 1. The molecule has 0 aliphatic heterocycles. The monoisotopic (exact) mass is 330 g/mol. The summed E-state index contributed by atoms with van der Waals surface area (Å²) < 4.78 is 15.5. The van der Waals surface area contributed by atoms with Crippen molar-refractivity contribution in [3.63, 3.8) is 0 Å². The van der Waals surface area contributed by atoms with E-state index in [1.807, 2.05) is 42.5 Å². The molecule has 2 aromatic carbocycles. The van der Waals surface area contributed by atoms with E-state index in [1.54, 1.807) is 0 Å². The summed E-state index contributed by atoms with van der Waals surface area (Å²) in [5, 5.41) is 22.1. The molecule has 0 heterocycles. The first kappa shape index (κ1) is 18.4. The van der Waals surface area contributed by atoms with Gasteiger partial charge in [-0.3, -0.25) is 0 Å². The summed E-state index contributed by atoms with van der Waals surface area (Å²) in [6.07, 6.45) is 4.41. The van der Waals surface area contributed by atoms with E-state index in [1.165, 1.54) is 7.11 Å². The van der Waals surface area contributed by atoms with Crippen LogP contribution in [0.2, 0.25) is 0 Å². The maximum atomic E-state index is 10.5. The van der Waals surface area contributed by atoms with Crippen molar-refractivity contribution < 1.29 is 24.4 Å². The predicted octanol–water partition coefficient (Wildman–Crippen LogP) is 1.70. The van der Waals surface area contributed by atoms with Crippen LogP contribution >= 0.6 is 0 Å². The standard InChI is InChI=1S/C19H22O5/c1-3-19(21,18(11-20)24-14-22-2)13-23-12-15-8-9-16-6-4-5-7-17(16)10-15/h1,4-10,18,20-21H,11-14H2,2H3/t18-,19+/m1/s1. The lowest BCUT2D eigenvalue weighted by atomic mass is 9.99. The summed E-state index contributed by atoms with van der Waals surface area (Å²) in [6, 6.07) is 14.0. The first-order valence-electron chi connectivity index (χ1n) is 7.60. The minimum atomic E-state index is -1.73. The van der Waals surface area contributed by atoms with Crippen molar-refractivity contribution in [3.8, 4) is 12.3 Å². The van der Waals surface area contributed by atoms with Gasteiger partial charge >= 0.3 is 0 Å². The molecule has 0 fully saturated rings. The first-order chi connectivity index (χ1) is 11.6. The van der Waals surface area contributed by atoms with E-state index in [4.69, 9.17) is 20.6 Å². The van der Waals surface area contributed by atoms with Gasteiger partial charge in [-0.15, -0.1) is 6.42 Å². The van der Waals surface area contributed by atoms with E-state index in [9.17, 15) is 10.2 Å². The van der Waals surface area contributed by atoms with Gasteiger partial charge in [-0.2, -0.15) is 0 Å². The third kappa shape index (κ3) is 4.54. The highest BCUT2D eigenvalue weighted by molar-refractivity contribution is 5.82. The molecule has 0 saturated carbocycles. The minimum absolute atomic E-state index is 0.0834. The lowest BCUT2D eigenvalue weighted by Gasteiger charge is -2.30. The summed E-state index contributed by atoms with van der Waals surface area (Å²) in [5.41, 5.74) is -0.768. The molecule has 5 heteroatoms. The van der Waals surface area contributed by atoms with E-state index < -0.39 is 18.3 Å². The van der Waals surface area contributed by atoms with E-state index in [0.717, 1.165) is 16.3 Å². The van der Waals surface area contributed by atoms with Gasteiger partial charge in [0.1, 0.15) is 12.9 Å². The van der Waals surface area contributed by atoms with Crippen LogP contribution in [-0.2, 0) is 20.8 Å². The highest BCUT2D eigenvalue weighted by atomic mass is 16.7. The molecule has 2 rings (SSSR count). The highest BCUT2D eigenvalue weighted by Gasteiger charge is 2.36. The summed E-state index contributed by atoms with van der Waals surface area (Å²) in [4.78, 5) is 0. The van der Waals surface area contributed by atoms with Gasteiger partial charge in [-0.05, 0) is 22.4 Å². The summed E-state index contributed by atoms with van der Waals surface area (Å²) in [6.45, 7) is -0.397. The van der Waals surface area contributed by atoms with Gasteiger partial charge < -0.3 is 24.4 Å². The zero-order valence-electron chi connectivity index (χ0n) is 13.6. The van der Waals surface area contributed by atoms with Crippen LogP contribution in [0.15, 0.2) is 42.5 Å². The molecule has 0 aromatic heterocycles. The van der Waals surface area contributed by atoms with E-state index >= 15 is 0 Å². The van der Waals surface area contributed by atoms with E-state index in [2.05, 4.69) is 5.92 Å². The topological polar surface area (TPSA) is 68.2 Å². The molecule has 24 heavy (non-hydrogen) atoms. The Morgan fingerprint density at radius 3 is 2.62 bits per heavy atom. The lowest BCUT2D eigenvalue weighted by molar-refractivity contribution is -0.166. The van der Waals surface area contributed by atoms with Crippen LogP contribution in [0.5, 0.6) is 0 Å². The number of hydrogen-bond acceptors (Lipinski definition) is 5. The minimum Gasteiger partial charge on any atom is -0.394 e. The molecule has 0 radical (unpaired) electrons. The number of benzene rings is 2. The van der Waals surface area contributed by atoms with E-state index in [0.29, 0.717) is 0 Å². The molecule has 0 saturated heterocycles. The largest absolute Gasteiger partial charge is 0.394 e. The number of fused-ring (bicyclic) bond motifs is 1. The number of terminal acetylenes is 1. The molecular weight excluding hydrogens is 308 g/mol. The predicted molar refractivity (Wildman–Crippen MR) is 91.2 cm³/mol. The maximum Gasteiger partial charge on any atom is 0.176 e. The van der Waals surface area contributed by atoms with Gasteiger partial charge in [0.2, 0.25) is 0 Å². The molecule has 0 aliphatic rings. The van der Waals surface area contributed by atoms with Crippen LogP contribution in [0.1, 0.15) is 5.56 Å². The van der Waals surface area contributed by atoms with Crippen LogP contribution in [0.3, 0.4) is 0 Å². The molecule has 0 amide bonds. The average molecular weight is 330 g/mol. The number of methoxy groups -OCH3 is 1. The number of aliphatic hydroxyl groups is 2. The molecule has 0 aliphatic carbocycles. The van der Waals surface area contributed by atoms with Crippen molar-refractivity contribution >= 4 is 10.8 Å². The Morgan fingerprint density at radius 2 is 1.96 bits per heavy atom. The van der Waals surface area contributed by atoms with Crippen molar-refractivity contribution in [1.82, 2.24) is 0 Å². The third-order valence-corrected chi connectivity index (χ3v) is 3.74. The van der Waals surface area contributed by atoms with Gasteiger partial charge in [0.25, 0.3) is 0 Å². The normalized spacial score (nSPS) is 14.9. The van der Waals surface area contributed by atoms with Crippen molar-refractivity contribution in [2.24, 2.45) is 0 Å². The number of rotatable bonds is 9. The second kappa shape index (κ2) is 8.78. The van der Waals surface area contributed by atoms with Gasteiger partial charge in [-0.25, -0.2) is 0 Å². The summed E-state index contributed by atoms with van der Waals surface area (Å²) in [7, 11) is 1.44. The van der Waals surface area contributed by atoms with Crippen LogP contribution in [0.25, 0.3) is 10.8 Å². The van der Waals surface area contributed by atoms with Crippen LogP contribution in [-0.4, -0.2) is 49.0 Å². The second-order valence-corrected chi connectivity index (χ2v) is 5.49. The second-order valence-electron chi connectivity index (χ2n) is 5.49. The van der Waals surface area contributed by atoms with Crippen molar-refractivity contribution in [1.29, 1.82) is 0 Å². The molecule has 0 unspecified atom stereocenters. The summed E-state index contributed by atoms with van der Waals surface area (Å²) in [5.74, 6) is 2.24. The van der Waals surface area contributed by atoms with Crippen molar-refractivity contribution in [2.45, 2.75) is 18.3 Å². The van der Waals surface area contributed by atoms with E-state index in [-0.39, 0.29) is 20.0 Å². The van der Waals surface area contributed by atoms with Gasteiger partial charge in [0.05, 0.1) is 19.8 Å². The average Bonchev–Trinajstić information content (AvgIpc) is 2.62. The van der Waals surface area contributed by atoms with Gasteiger partial charge in [0, 0.05) is 7.11 Å². The SMILES string of the molecule is C#C[C@](O)(COCc1ccc2ccccc2c1)[C@@H](CO)OCOC. The Kier molecular flexibility index (Phi) is 6.73. The van der Waals surface area contributed by atoms with Crippen molar-refractivity contribution in [2.75, 3.05) is 27.1 Å². The lowest BCUT2D eigenvalue weighted by Crippen LogP contribution is -2.49. The molecule has 128 valence electrons. The molecule has 5 nitrogen and oxygen atoms in total. The Balaban J connectivity index is 1.98. The molecule has 2 N–H and O–H groups in total. The fourth-order valence-corrected chi connectivity index (χ4v) is 2.37. The maximum absolute atomic E-state index is 10.5.